The lowest BCUT2D eigenvalue weighted by Gasteiger charge is -2.10. The minimum Gasteiger partial charge on any atom is -0.457 e. The lowest BCUT2D eigenvalue weighted by atomic mass is 10.1. The highest BCUT2D eigenvalue weighted by molar-refractivity contribution is 6.32. The molecule has 1 N–H and O–H groups in total. The van der Waals surface area contributed by atoms with Gasteiger partial charge >= 0.3 is 0 Å². The standard InChI is InChI=1S/C18H13ClN4O2/c1-11-18(24)23-22-17(21-11)9-12-6-7-15(19)16(8-12)25-14-5-3-4-13(10-14)20-2/h3-8,10H,9H2,1H3,(H,23,24). The Morgan fingerprint density at radius 1 is 1.28 bits per heavy atom. The first-order valence-corrected chi connectivity index (χ1v) is 7.79. The largest absolute Gasteiger partial charge is 0.457 e. The summed E-state index contributed by atoms with van der Waals surface area (Å²) in [5.41, 5.74) is 1.43. The molecule has 0 aliphatic rings. The molecule has 1 heterocycles. The Kier molecular flexibility index (Phi) is 4.78. The maximum atomic E-state index is 11.3. The van der Waals surface area contributed by atoms with Crippen molar-refractivity contribution in [3.05, 3.63) is 86.3 Å². The van der Waals surface area contributed by atoms with E-state index in [1.807, 2.05) is 6.07 Å². The number of nitrogens with one attached hydrogen (secondary N) is 1. The van der Waals surface area contributed by atoms with E-state index in [-0.39, 0.29) is 5.56 Å². The summed E-state index contributed by atoms with van der Waals surface area (Å²) in [6.07, 6.45) is 0.424. The average Bonchev–Trinajstić information content (AvgIpc) is 2.61. The van der Waals surface area contributed by atoms with Crippen LogP contribution in [0.25, 0.3) is 4.85 Å². The summed E-state index contributed by atoms with van der Waals surface area (Å²) in [7, 11) is 0. The van der Waals surface area contributed by atoms with E-state index in [9.17, 15) is 4.79 Å². The van der Waals surface area contributed by atoms with Gasteiger partial charge in [-0.2, -0.15) is 5.10 Å². The zero-order valence-electron chi connectivity index (χ0n) is 13.3. The molecule has 0 bridgehead atoms. The molecule has 6 nitrogen and oxygen atoms in total. The smallest absolute Gasteiger partial charge is 0.285 e. The second-order valence-electron chi connectivity index (χ2n) is 5.32. The molecule has 0 atom stereocenters. The van der Waals surface area contributed by atoms with Crippen LogP contribution in [0.5, 0.6) is 11.5 Å². The number of nitrogens with zero attached hydrogens (tertiary/aromatic N) is 3. The molecule has 0 saturated carbocycles. The van der Waals surface area contributed by atoms with Crippen LogP contribution in [0.15, 0.2) is 47.3 Å². The molecule has 3 aromatic rings. The van der Waals surface area contributed by atoms with E-state index in [0.29, 0.717) is 40.1 Å². The fourth-order valence-corrected chi connectivity index (χ4v) is 2.36. The SMILES string of the molecule is [C-]#[N+]c1cccc(Oc2cc(Cc3n[nH]c(=O)c(C)n3)ccc2Cl)c1. The molecule has 2 aromatic carbocycles. The summed E-state index contributed by atoms with van der Waals surface area (Å²) in [6, 6.07) is 12.2. The highest BCUT2D eigenvalue weighted by Gasteiger charge is 2.08. The molecule has 0 radical (unpaired) electrons. The second kappa shape index (κ2) is 7.16. The van der Waals surface area contributed by atoms with Gasteiger partial charge in [0, 0.05) is 6.42 Å². The number of hydrogen-bond donors (Lipinski definition) is 1. The molecular weight excluding hydrogens is 340 g/mol. The quantitative estimate of drug-likeness (QED) is 0.719. The summed E-state index contributed by atoms with van der Waals surface area (Å²) in [4.78, 5) is 18.9. The van der Waals surface area contributed by atoms with Crippen molar-refractivity contribution in [1.29, 1.82) is 0 Å². The third-order valence-electron chi connectivity index (χ3n) is 3.44. The molecule has 0 spiro atoms. The van der Waals surface area contributed by atoms with Crippen LogP contribution in [0.4, 0.5) is 5.69 Å². The number of ether oxygens (including phenoxy) is 1. The van der Waals surface area contributed by atoms with Crippen molar-refractivity contribution in [2.75, 3.05) is 0 Å². The highest BCUT2D eigenvalue weighted by Crippen LogP contribution is 2.32. The molecule has 0 amide bonds. The lowest BCUT2D eigenvalue weighted by Crippen LogP contribution is -2.16. The number of aromatic amines is 1. The zero-order valence-corrected chi connectivity index (χ0v) is 14.0. The van der Waals surface area contributed by atoms with E-state index in [2.05, 4.69) is 20.0 Å². The normalized spacial score (nSPS) is 10.3. The van der Waals surface area contributed by atoms with Crippen molar-refractivity contribution in [2.24, 2.45) is 0 Å². The van der Waals surface area contributed by atoms with E-state index < -0.39 is 0 Å². The summed E-state index contributed by atoms with van der Waals surface area (Å²) in [5.74, 6) is 1.51. The van der Waals surface area contributed by atoms with E-state index in [1.54, 1.807) is 43.3 Å². The Morgan fingerprint density at radius 3 is 2.88 bits per heavy atom. The molecule has 0 saturated heterocycles. The van der Waals surface area contributed by atoms with E-state index >= 15 is 0 Å². The van der Waals surface area contributed by atoms with E-state index in [4.69, 9.17) is 22.9 Å². The molecule has 25 heavy (non-hydrogen) atoms. The number of aryl methyl sites for hydroxylation is 1. The van der Waals surface area contributed by atoms with Gasteiger partial charge in [0.1, 0.15) is 17.2 Å². The summed E-state index contributed by atoms with van der Waals surface area (Å²) in [6.45, 7) is 8.69. The minimum atomic E-state index is -0.302. The Hall–Kier alpha value is -3.17. The van der Waals surface area contributed by atoms with Crippen molar-refractivity contribution < 1.29 is 4.74 Å². The van der Waals surface area contributed by atoms with Crippen LogP contribution in [0.2, 0.25) is 5.02 Å². The maximum Gasteiger partial charge on any atom is 0.285 e. The van der Waals surface area contributed by atoms with Gasteiger partial charge in [0.25, 0.3) is 5.56 Å². The number of rotatable bonds is 4. The highest BCUT2D eigenvalue weighted by atomic mass is 35.5. The van der Waals surface area contributed by atoms with Gasteiger partial charge in [-0.05, 0) is 36.8 Å². The third-order valence-corrected chi connectivity index (χ3v) is 3.76. The monoisotopic (exact) mass is 352 g/mol. The van der Waals surface area contributed by atoms with E-state index in [1.165, 1.54) is 0 Å². The van der Waals surface area contributed by atoms with Crippen LogP contribution in [0.3, 0.4) is 0 Å². The lowest BCUT2D eigenvalue weighted by molar-refractivity contribution is 0.482. The van der Waals surface area contributed by atoms with Crippen LogP contribution < -0.4 is 10.3 Å². The van der Waals surface area contributed by atoms with E-state index in [0.717, 1.165) is 5.56 Å². The molecular formula is C18H13ClN4O2. The van der Waals surface area contributed by atoms with Crippen LogP contribution in [0, 0.1) is 13.5 Å². The molecule has 0 aliphatic carbocycles. The first kappa shape index (κ1) is 16.7. The number of halogens is 1. The molecule has 3 rings (SSSR count). The van der Waals surface area contributed by atoms with Crippen molar-refractivity contribution in [3.8, 4) is 11.5 Å². The van der Waals surface area contributed by atoms with Gasteiger partial charge in [-0.1, -0.05) is 29.8 Å². The molecule has 0 fully saturated rings. The van der Waals surface area contributed by atoms with Crippen LogP contribution in [0.1, 0.15) is 17.1 Å². The van der Waals surface area contributed by atoms with Crippen molar-refractivity contribution in [1.82, 2.24) is 15.2 Å². The number of benzene rings is 2. The minimum absolute atomic E-state index is 0.302. The zero-order chi connectivity index (χ0) is 17.8. The van der Waals surface area contributed by atoms with Gasteiger partial charge in [0.05, 0.1) is 11.6 Å². The maximum absolute atomic E-state index is 11.3. The van der Waals surface area contributed by atoms with Crippen LogP contribution in [-0.4, -0.2) is 15.2 Å². The molecule has 7 heteroatoms. The first-order valence-electron chi connectivity index (χ1n) is 7.41. The fraction of sp³-hybridized carbons (Fsp3) is 0.111. The summed E-state index contributed by atoms with van der Waals surface area (Å²) >= 11 is 6.20. The molecule has 0 aliphatic heterocycles. The predicted molar refractivity (Wildman–Crippen MR) is 94.4 cm³/mol. The molecule has 124 valence electrons. The van der Waals surface area contributed by atoms with Gasteiger partial charge in [-0.3, -0.25) is 4.79 Å². The number of hydrogen-bond acceptors (Lipinski definition) is 4. The Morgan fingerprint density at radius 2 is 2.12 bits per heavy atom. The number of H-pyrrole nitrogens is 1. The molecule has 0 unspecified atom stereocenters. The van der Waals surface area contributed by atoms with Gasteiger partial charge in [-0.15, -0.1) is 0 Å². The van der Waals surface area contributed by atoms with Crippen molar-refractivity contribution in [2.45, 2.75) is 13.3 Å². The molecule has 1 aromatic heterocycles. The Balaban J connectivity index is 1.86. The topological polar surface area (TPSA) is 72.2 Å². The summed E-state index contributed by atoms with van der Waals surface area (Å²) in [5, 5.41) is 6.81. The van der Waals surface area contributed by atoms with Gasteiger partial charge in [0.15, 0.2) is 11.5 Å². The third kappa shape index (κ3) is 4.03. The Labute approximate surface area is 148 Å². The predicted octanol–water partition coefficient (Wildman–Crippen LogP) is 4.06. The van der Waals surface area contributed by atoms with Crippen molar-refractivity contribution >= 4 is 17.3 Å². The number of aromatic nitrogens is 3. The van der Waals surface area contributed by atoms with Gasteiger partial charge < -0.3 is 4.74 Å². The average molecular weight is 353 g/mol. The Bertz CT molecular complexity index is 1020. The van der Waals surface area contributed by atoms with Gasteiger partial charge in [-0.25, -0.2) is 14.9 Å². The van der Waals surface area contributed by atoms with Crippen LogP contribution >= 0.6 is 11.6 Å². The first-order chi connectivity index (χ1) is 12.0. The fourth-order valence-electron chi connectivity index (χ4n) is 2.21. The summed E-state index contributed by atoms with van der Waals surface area (Å²) < 4.78 is 5.80. The van der Waals surface area contributed by atoms with Crippen molar-refractivity contribution in [3.63, 3.8) is 0 Å². The van der Waals surface area contributed by atoms with Gasteiger partial charge in [0.2, 0.25) is 0 Å². The second-order valence-corrected chi connectivity index (χ2v) is 5.73. The van der Waals surface area contributed by atoms with Crippen LogP contribution in [-0.2, 0) is 6.42 Å².